The number of nitrogens with one attached hydrogen (secondary N) is 1. The SMILES string of the molecule is COc1ccc(Cl)cc1N(CC(=O)Nc1ccc(F)cc1F)S(=O)(=O)c1ccccc1. The van der Waals surface area contributed by atoms with Crippen molar-refractivity contribution >= 4 is 38.9 Å². The van der Waals surface area contributed by atoms with Crippen LogP contribution in [0, 0.1) is 11.6 Å². The van der Waals surface area contributed by atoms with Crippen LogP contribution in [0.25, 0.3) is 0 Å². The fourth-order valence-corrected chi connectivity index (χ4v) is 4.40. The lowest BCUT2D eigenvalue weighted by Gasteiger charge is -2.26. The molecule has 10 heteroatoms. The minimum atomic E-state index is -4.23. The summed E-state index contributed by atoms with van der Waals surface area (Å²) in [6.45, 7) is -0.718. The summed E-state index contributed by atoms with van der Waals surface area (Å²) in [5.74, 6) is -2.50. The summed E-state index contributed by atoms with van der Waals surface area (Å²) in [7, 11) is -2.89. The van der Waals surface area contributed by atoms with E-state index in [4.69, 9.17) is 16.3 Å². The Bertz CT molecular complexity index is 1210. The van der Waals surface area contributed by atoms with Gasteiger partial charge in [0.2, 0.25) is 5.91 Å². The van der Waals surface area contributed by atoms with Crippen molar-refractivity contribution in [3.63, 3.8) is 0 Å². The number of carbonyl (C=O) groups is 1. The van der Waals surface area contributed by atoms with Gasteiger partial charge in [-0.05, 0) is 42.5 Å². The van der Waals surface area contributed by atoms with Crippen LogP contribution >= 0.6 is 11.6 Å². The van der Waals surface area contributed by atoms with Gasteiger partial charge in [0.25, 0.3) is 10.0 Å². The van der Waals surface area contributed by atoms with Crippen LogP contribution in [0.1, 0.15) is 0 Å². The molecule has 0 unspecified atom stereocenters. The van der Waals surface area contributed by atoms with Crippen molar-refractivity contribution in [2.75, 3.05) is 23.3 Å². The highest BCUT2D eigenvalue weighted by atomic mass is 35.5. The number of amides is 1. The number of hydrogen-bond acceptors (Lipinski definition) is 4. The summed E-state index contributed by atoms with van der Waals surface area (Å²) < 4.78 is 59.8. The quantitative estimate of drug-likeness (QED) is 0.557. The van der Waals surface area contributed by atoms with Crippen molar-refractivity contribution in [2.24, 2.45) is 0 Å². The molecule has 3 aromatic rings. The first kappa shape index (κ1) is 22.5. The van der Waals surface area contributed by atoms with E-state index >= 15 is 0 Å². The Labute approximate surface area is 183 Å². The molecule has 0 spiro atoms. The van der Waals surface area contributed by atoms with Crippen LogP contribution in [0.3, 0.4) is 0 Å². The third-order valence-corrected chi connectivity index (χ3v) is 6.24. The number of anilines is 2. The predicted molar refractivity (Wildman–Crippen MR) is 114 cm³/mol. The number of nitrogens with zero attached hydrogens (tertiary/aromatic N) is 1. The van der Waals surface area contributed by atoms with Crippen molar-refractivity contribution in [1.29, 1.82) is 0 Å². The van der Waals surface area contributed by atoms with Gasteiger partial charge in [-0.15, -0.1) is 0 Å². The van der Waals surface area contributed by atoms with Crippen molar-refractivity contribution in [3.8, 4) is 5.75 Å². The number of methoxy groups -OCH3 is 1. The summed E-state index contributed by atoms with van der Waals surface area (Å²) in [4.78, 5) is 12.6. The number of halogens is 3. The Kier molecular flexibility index (Phi) is 6.77. The third-order valence-electron chi connectivity index (χ3n) is 4.23. The third kappa shape index (κ3) is 5.12. The number of ether oxygens (including phenoxy) is 1. The van der Waals surface area contributed by atoms with Crippen molar-refractivity contribution in [2.45, 2.75) is 4.90 Å². The maximum Gasteiger partial charge on any atom is 0.264 e. The zero-order valence-corrected chi connectivity index (χ0v) is 17.8. The van der Waals surface area contributed by atoms with Crippen molar-refractivity contribution in [3.05, 3.63) is 83.4 Å². The van der Waals surface area contributed by atoms with E-state index in [1.165, 1.54) is 49.6 Å². The van der Waals surface area contributed by atoms with Crippen molar-refractivity contribution < 1.29 is 26.7 Å². The van der Waals surface area contributed by atoms with Gasteiger partial charge in [-0.3, -0.25) is 9.10 Å². The van der Waals surface area contributed by atoms with E-state index in [1.807, 2.05) is 0 Å². The normalized spacial score (nSPS) is 11.1. The summed E-state index contributed by atoms with van der Waals surface area (Å²) in [6, 6.07) is 14.4. The largest absolute Gasteiger partial charge is 0.495 e. The molecule has 31 heavy (non-hydrogen) atoms. The number of hydrogen-bond donors (Lipinski definition) is 1. The molecule has 1 N–H and O–H groups in total. The number of rotatable bonds is 7. The monoisotopic (exact) mass is 466 g/mol. The highest BCUT2D eigenvalue weighted by Crippen LogP contribution is 2.34. The molecule has 1 amide bonds. The van der Waals surface area contributed by atoms with E-state index in [2.05, 4.69) is 5.32 Å². The lowest BCUT2D eigenvalue weighted by atomic mass is 10.2. The number of sulfonamides is 1. The second kappa shape index (κ2) is 9.32. The second-order valence-electron chi connectivity index (χ2n) is 6.31. The lowest BCUT2D eigenvalue weighted by molar-refractivity contribution is -0.114. The summed E-state index contributed by atoms with van der Waals surface area (Å²) in [5.41, 5.74) is -0.268. The zero-order chi connectivity index (χ0) is 22.6. The average Bonchev–Trinajstić information content (AvgIpc) is 2.74. The molecule has 6 nitrogen and oxygen atoms in total. The fourth-order valence-electron chi connectivity index (χ4n) is 2.79. The molecule has 3 aromatic carbocycles. The molecular formula is C21H17ClF2N2O4S. The van der Waals surface area contributed by atoms with Crippen LogP contribution in [0.4, 0.5) is 20.2 Å². The first-order chi connectivity index (χ1) is 14.7. The minimum Gasteiger partial charge on any atom is -0.495 e. The van der Waals surface area contributed by atoms with Gasteiger partial charge in [0.15, 0.2) is 0 Å². The first-order valence-corrected chi connectivity index (χ1v) is 10.7. The summed E-state index contributed by atoms with van der Waals surface area (Å²) in [5, 5.41) is 2.47. The number of carbonyl (C=O) groups excluding carboxylic acids is 1. The smallest absolute Gasteiger partial charge is 0.264 e. The number of benzene rings is 3. The molecule has 0 radical (unpaired) electrons. The van der Waals surface area contributed by atoms with Crippen LogP contribution in [-0.4, -0.2) is 28.0 Å². The van der Waals surface area contributed by atoms with Crippen LogP contribution < -0.4 is 14.4 Å². The predicted octanol–water partition coefficient (Wildman–Crippen LogP) is 4.46. The van der Waals surface area contributed by atoms with Gasteiger partial charge in [0, 0.05) is 11.1 Å². The van der Waals surface area contributed by atoms with Crippen molar-refractivity contribution in [1.82, 2.24) is 0 Å². The van der Waals surface area contributed by atoms with E-state index in [0.717, 1.165) is 16.4 Å². The highest BCUT2D eigenvalue weighted by molar-refractivity contribution is 7.92. The highest BCUT2D eigenvalue weighted by Gasteiger charge is 2.30. The Morgan fingerprint density at radius 1 is 1.06 bits per heavy atom. The molecule has 0 aliphatic rings. The maximum absolute atomic E-state index is 13.9. The van der Waals surface area contributed by atoms with E-state index in [9.17, 15) is 22.0 Å². The minimum absolute atomic E-state index is 0.0218. The maximum atomic E-state index is 13.9. The molecule has 0 heterocycles. The van der Waals surface area contributed by atoms with Gasteiger partial charge in [-0.25, -0.2) is 17.2 Å². The van der Waals surface area contributed by atoms with Gasteiger partial charge >= 0.3 is 0 Å². The molecule has 3 rings (SSSR count). The van der Waals surface area contributed by atoms with E-state index < -0.39 is 34.1 Å². The molecule has 0 aromatic heterocycles. The Hall–Kier alpha value is -3.17. The standard InChI is InChI=1S/C21H17ClF2N2O4S/c1-30-20-10-7-14(22)11-19(20)26(31(28,29)16-5-3-2-4-6-16)13-21(27)25-18-9-8-15(23)12-17(18)24/h2-12H,13H2,1H3,(H,25,27). The second-order valence-corrected chi connectivity index (χ2v) is 8.61. The molecule has 0 atom stereocenters. The lowest BCUT2D eigenvalue weighted by Crippen LogP contribution is -2.38. The average molecular weight is 467 g/mol. The molecule has 0 aliphatic carbocycles. The molecule has 0 saturated carbocycles. The summed E-state index contributed by atoms with van der Waals surface area (Å²) in [6.07, 6.45) is 0. The van der Waals surface area contributed by atoms with Crippen LogP contribution in [-0.2, 0) is 14.8 Å². The van der Waals surface area contributed by atoms with Crippen LogP contribution in [0.15, 0.2) is 71.6 Å². The molecule has 162 valence electrons. The van der Waals surface area contributed by atoms with E-state index in [0.29, 0.717) is 6.07 Å². The van der Waals surface area contributed by atoms with E-state index in [1.54, 1.807) is 6.07 Å². The van der Waals surface area contributed by atoms with E-state index in [-0.39, 0.29) is 27.0 Å². The Morgan fingerprint density at radius 2 is 1.77 bits per heavy atom. The van der Waals surface area contributed by atoms with Gasteiger partial charge in [-0.2, -0.15) is 0 Å². The molecule has 0 saturated heterocycles. The van der Waals surface area contributed by atoms with Gasteiger partial charge in [0.1, 0.15) is 23.9 Å². The molecule has 0 aliphatic heterocycles. The fraction of sp³-hybridized carbons (Fsp3) is 0.0952. The van der Waals surface area contributed by atoms with Gasteiger partial charge in [0.05, 0.1) is 23.4 Å². The summed E-state index contributed by atoms with van der Waals surface area (Å²) >= 11 is 6.05. The molecular weight excluding hydrogens is 450 g/mol. The molecule has 0 bridgehead atoms. The van der Waals surface area contributed by atoms with Gasteiger partial charge in [-0.1, -0.05) is 29.8 Å². The Balaban J connectivity index is 2.02. The van der Waals surface area contributed by atoms with Crippen LogP contribution in [0.2, 0.25) is 5.02 Å². The first-order valence-electron chi connectivity index (χ1n) is 8.88. The van der Waals surface area contributed by atoms with Crippen LogP contribution in [0.5, 0.6) is 5.75 Å². The molecule has 0 fully saturated rings. The topological polar surface area (TPSA) is 75.7 Å². The zero-order valence-electron chi connectivity index (χ0n) is 16.2. The Morgan fingerprint density at radius 3 is 2.42 bits per heavy atom. The van der Waals surface area contributed by atoms with Gasteiger partial charge < -0.3 is 10.1 Å².